The van der Waals surface area contributed by atoms with Crippen molar-refractivity contribution in [1.29, 1.82) is 0 Å². The van der Waals surface area contributed by atoms with Crippen LogP contribution < -0.4 is 10.2 Å². The Morgan fingerprint density at radius 2 is 1.62 bits per heavy atom. The Hall–Kier alpha value is -3.57. The van der Waals surface area contributed by atoms with Gasteiger partial charge in [-0.1, -0.05) is 90.6 Å². The van der Waals surface area contributed by atoms with Gasteiger partial charge in [0.25, 0.3) is 5.91 Å². The molecule has 0 spiro atoms. The number of para-hydroxylation sites is 1. The molecule has 3 aromatic rings. The van der Waals surface area contributed by atoms with Gasteiger partial charge in [-0.3, -0.25) is 9.59 Å². The zero-order chi connectivity index (χ0) is 22.3. The van der Waals surface area contributed by atoms with Gasteiger partial charge < -0.3 is 10.2 Å². The molecule has 0 aliphatic carbocycles. The molecule has 0 fully saturated rings. The lowest BCUT2D eigenvalue weighted by Gasteiger charge is -2.29. The SMILES string of the molecule is C=CCN1C(=O)/C(=C\C(=O)NC(Cc2ccccc2)c2ccccc2)Sc2ccccc21. The number of hydrogen-bond donors (Lipinski definition) is 1. The Bertz CT molecular complexity index is 1140. The molecule has 1 atom stereocenters. The molecule has 4 rings (SSSR count). The van der Waals surface area contributed by atoms with Crippen molar-refractivity contribution < 1.29 is 9.59 Å². The van der Waals surface area contributed by atoms with Crippen molar-refractivity contribution in [3.8, 4) is 0 Å². The van der Waals surface area contributed by atoms with Crippen LogP contribution in [-0.4, -0.2) is 18.4 Å². The minimum atomic E-state index is -0.288. The van der Waals surface area contributed by atoms with E-state index in [1.807, 2.05) is 84.9 Å². The number of carbonyl (C=O) groups excluding carboxylic acids is 2. The lowest BCUT2D eigenvalue weighted by Crippen LogP contribution is -2.35. The van der Waals surface area contributed by atoms with Crippen LogP contribution in [0.2, 0.25) is 0 Å². The number of nitrogens with one attached hydrogen (secondary N) is 1. The number of benzene rings is 3. The zero-order valence-corrected chi connectivity index (χ0v) is 18.4. The number of carbonyl (C=O) groups is 2. The van der Waals surface area contributed by atoms with Crippen molar-refractivity contribution in [1.82, 2.24) is 5.32 Å². The van der Waals surface area contributed by atoms with Crippen LogP contribution in [0.3, 0.4) is 0 Å². The molecule has 1 N–H and O–H groups in total. The number of hydrogen-bond acceptors (Lipinski definition) is 3. The summed E-state index contributed by atoms with van der Waals surface area (Å²) in [7, 11) is 0. The van der Waals surface area contributed by atoms with Crippen molar-refractivity contribution in [2.75, 3.05) is 11.4 Å². The molecule has 1 unspecified atom stereocenters. The normalized spacial score (nSPS) is 15.2. The number of rotatable bonds is 7. The number of thioether (sulfide) groups is 1. The van der Waals surface area contributed by atoms with E-state index in [4.69, 9.17) is 0 Å². The van der Waals surface area contributed by atoms with Gasteiger partial charge in [0, 0.05) is 17.5 Å². The molecule has 3 aromatic carbocycles. The first-order chi connectivity index (χ1) is 15.7. The maximum absolute atomic E-state index is 13.1. The Morgan fingerprint density at radius 3 is 2.34 bits per heavy atom. The molecule has 160 valence electrons. The largest absolute Gasteiger partial charge is 0.345 e. The molecular formula is C27H24N2O2S. The summed E-state index contributed by atoms with van der Waals surface area (Å²) in [5.41, 5.74) is 2.99. The topological polar surface area (TPSA) is 49.4 Å². The molecule has 1 heterocycles. The second kappa shape index (κ2) is 10.2. The summed E-state index contributed by atoms with van der Waals surface area (Å²) in [6, 6.07) is 27.4. The summed E-state index contributed by atoms with van der Waals surface area (Å²) in [6.07, 6.45) is 3.76. The smallest absolute Gasteiger partial charge is 0.265 e. The van der Waals surface area contributed by atoms with Crippen LogP contribution >= 0.6 is 11.8 Å². The summed E-state index contributed by atoms with van der Waals surface area (Å²) in [5.74, 6) is -0.480. The molecule has 0 saturated heterocycles. The lowest BCUT2D eigenvalue weighted by atomic mass is 9.99. The molecule has 0 radical (unpaired) electrons. The first-order valence-electron chi connectivity index (χ1n) is 10.5. The molecule has 0 saturated carbocycles. The molecule has 32 heavy (non-hydrogen) atoms. The van der Waals surface area contributed by atoms with E-state index in [0.717, 1.165) is 21.7 Å². The highest BCUT2D eigenvalue weighted by Crippen LogP contribution is 2.41. The van der Waals surface area contributed by atoms with Crippen molar-refractivity contribution in [2.45, 2.75) is 17.4 Å². The summed E-state index contributed by atoms with van der Waals surface area (Å²) < 4.78 is 0. The van der Waals surface area contributed by atoms with Crippen LogP contribution in [0.25, 0.3) is 0 Å². The van der Waals surface area contributed by atoms with Gasteiger partial charge in [0.15, 0.2) is 0 Å². The van der Waals surface area contributed by atoms with E-state index in [9.17, 15) is 9.59 Å². The predicted octanol–water partition coefficient (Wildman–Crippen LogP) is 5.30. The van der Waals surface area contributed by atoms with E-state index in [1.165, 1.54) is 17.8 Å². The Labute approximate surface area is 192 Å². The molecule has 0 aromatic heterocycles. The second-order valence-corrected chi connectivity index (χ2v) is 8.53. The fourth-order valence-electron chi connectivity index (χ4n) is 3.69. The number of fused-ring (bicyclic) bond motifs is 1. The third-order valence-corrected chi connectivity index (χ3v) is 6.28. The minimum absolute atomic E-state index is 0.192. The van der Waals surface area contributed by atoms with Gasteiger partial charge >= 0.3 is 0 Å². The molecule has 2 amide bonds. The van der Waals surface area contributed by atoms with E-state index in [1.54, 1.807) is 11.0 Å². The Kier molecular flexibility index (Phi) is 6.87. The summed E-state index contributed by atoms with van der Waals surface area (Å²) in [6.45, 7) is 4.15. The third kappa shape index (κ3) is 5.01. The van der Waals surface area contributed by atoms with Crippen molar-refractivity contribution in [3.63, 3.8) is 0 Å². The molecule has 1 aliphatic rings. The minimum Gasteiger partial charge on any atom is -0.345 e. The molecule has 5 heteroatoms. The van der Waals surface area contributed by atoms with E-state index in [0.29, 0.717) is 17.9 Å². The average molecular weight is 441 g/mol. The summed E-state index contributed by atoms with van der Waals surface area (Å²) >= 11 is 1.32. The van der Waals surface area contributed by atoms with Crippen molar-refractivity contribution >= 4 is 29.3 Å². The highest BCUT2D eigenvalue weighted by atomic mass is 32.2. The number of anilines is 1. The van der Waals surface area contributed by atoms with Crippen LogP contribution in [0.15, 0.2) is 113 Å². The number of amides is 2. The van der Waals surface area contributed by atoms with Crippen LogP contribution in [0.5, 0.6) is 0 Å². The predicted molar refractivity (Wildman–Crippen MR) is 130 cm³/mol. The fourth-order valence-corrected chi connectivity index (χ4v) is 4.72. The molecule has 0 bridgehead atoms. The van der Waals surface area contributed by atoms with Crippen LogP contribution in [0, 0.1) is 0 Å². The molecule has 1 aliphatic heterocycles. The van der Waals surface area contributed by atoms with E-state index < -0.39 is 0 Å². The van der Waals surface area contributed by atoms with Crippen LogP contribution in [0.4, 0.5) is 5.69 Å². The number of nitrogens with zero attached hydrogens (tertiary/aromatic N) is 1. The third-order valence-electron chi connectivity index (χ3n) is 5.21. The molecular weight excluding hydrogens is 416 g/mol. The van der Waals surface area contributed by atoms with E-state index >= 15 is 0 Å². The standard InChI is InChI=1S/C27H24N2O2S/c1-2-17-29-23-15-9-10-16-24(23)32-25(27(29)31)19-26(30)28-22(21-13-7-4-8-14-21)18-20-11-5-3-6-12-20/h2-16,19,22H,1,17-18H2,(H,28,30)/b25-19+. The quantitative estimate of drug-likeness (QED) is 0.401. The van der Waals surface area contributed by atoms with Crippen molar-refractivity contribution in [2.24, 2.45) is 0 Å². The summed E-state index contributed by atoms with van der Waals surface area (Å²) in [4.78, 5) is 29.1. The first-order valence-corrected chi connectivity index (χ1v) is 11.3. The maximum Gasteiger partial charge on any atom is 0.265 e. The fraction of sp³-hybridized carbons (Fsp3) is 0.111. The maximum atomic E-state index is 13.1. The van der Waals surface area contributed by atoms with Crippen LogP contribution in [-0.2, 0) is 16.0 Å². The van der Waals surface area contributed by atoms with E-state index in [2.05, 4.69) is 11.9 Å². The second-order valence-electron chi connectivity index (χ2n) is 7.44. The van der Waals surface area contributed by atoms with Gasteiger partial charge in [0.2, 0.25) is 5.91 Å². The van der Waals surface area contributed by atoms with Crippen LogP contribution in [0.1, 0.15) is 17.2 Å². The zero-order valence-electron chi connectivity index (χ0n) is 17.6. The molecule has 4 nitrogen and oxygen atoms in total. The van der Waals surface area contributed by atoms with Gasteiger partial charge in [-0.25, -0.2) is 0 Å². The first kappa shape index (κ1) is 21.7. The summed E-state index contributed by atoms with van der Waals surface area (Å²) in [5, 5.41) is 3.10. The highest BCUT2D eigenvalue weighted by Gasteiger charge is 2.29. The average Bonchev–Trinajstić information content (AvgIpc) is 2.82. The van der Waals surface area contributed by atoms with Gasteiger partial charge in [-0.2, -0.15) is 0 Å². The van der Waals surface area contributed by atoms with Gasteiger partial charge in [0.05, 0.1) is 16.6 Å². The Balaban J connectivity index is 1.58. The monoisotopic (exact) mass is 440 g/mol. The van der Waals surface area contributed by atoms with Gasteiger partial charge in [-0.05, 0) is 29.7 Å². The highest BCUT2D eigenvalue weighted by molar-refractivity contribution is 8.04. The van der Waals surface area contributed by atoms with Gasteiger partial charge in [0.1, 0.15) is 0 Å². The Morgan fingerprint density at radius 1 is 0.969 bits per heavy atom. The van der Waals surface area contributed by atoms with Crippen molar-refractivity contribution in [3.05, 3.63) is 120 Å². The van der Waals surface area contributed by atoms with E-state index in [-0.39, 0.29) is 17.9 Å². The lowest BCUT2D eigenvalue weighted by molar-refractivity contribution is -0.118. The van der Waals surface area contributed by atoms with Gasteiger partial charge in [-0.15, -0.1) is 6.58 Å².